The molecule has 2 aromatic heterocycles. The predicted molar refractivity (Wildman–Crippen MR) is 109 cm³/mol. The summed E-state index contributed by atoms with van der Waals surface area (Å²) in [5.74, 6) is -0.824. The first kappa shape index (κ1) is 20.6. The number of aryl methyl sites for hydroxylation is 1. The topological polar surface area (TPSA) is 59.6 Å². The predicted octanol–water partition coefficient (Wildman–Crippen LogP) is 3.32. The lowest BCUT2D eigenvalue weighted by atomic mass is 10.2. The fourth-order valence-corrected chi connectivity index (χ4v) is 3.76. The highest BCUT2D eigenvalue weighted by Gasteiger charge is 2.20. The van der Waals surface area contributed by atoms with E-state index in [1.165, 1.54) is 12.1 Å². The van der Waals surface area contributed by atoms with Crippen LogP contribution in [-0.4, -0.2) is 54.8 Å². The van der Waals surface area contributed by atoms with E-state index in [9.17, 15) is 13.6 Å². The van der Waals surface area contributed by atoms with Gasteiger partial charge in [-0.2, -0.15) is 0 Å². The molecule has 3 aromatic rings. The van der Waals surface area contributed by atoms with Gasteiger partial charge in [0.15, 0.2) is 5.58 Å². The lowest BCUT2D eigenvalue weighted by molar-refractivity contribution is 0.0374. The van der Waals surface area contributed by atoms with Gasteiger partial charge in [-0.05, 0) is 26.0 Å². The van der Waals surface area contributed by atoms with E-state index in [4.69, 9.17) is 9.15 Å². The Balaban J connectivity index is 1.47. The van der Waals surface area contributed by atoms with Gasteiger partial charge in [-0.25, -0.2) is 8.78 Å². The first-order valence-corrected chi connectivity index (χ1v) is 10.1. The van der Waals surface area contributed by atoms with Gasteiger partial charge in [0.1, 0.15) is 23.1 Å². The Morgan fingerprint density at radius 2 is 1.97 bits per heavy atom. The van der Waals surface area contributed by atoms with Crippen molar-refractivity contribution in [1.82, 2.24) is 14.8 Å². The number of amides is 1. The van der Waals surface area contributed by atoms with Crippen LogP contribution in [0.1, 0.15) is 28.2 Å². The summed E-state index contributed by atoms with van der Waals surface area (Å²) in [5, 5.41) is 2.94. The Kier molecular flexibility index (Phi) is 6.15. The summed E-state index contributed by atoms with van der Waals surface area (Å²) in [7, 11) is 0. The number of hydrogen-bond donors (Lipinski definition) is 1. The summed E-state index contributed by atoms with van der Waals surface area (Å²) >= 11 is 0. The lowest BCUT2D eigenvalue weighted by Crippen LogP contribution is -2.38. The molecule has 0 saturated carbocycles. The van der Waals surface area contributed by atoms with Gasteiger partial charge in [0.2, 0.25) is 0 Å². The largest absolute Gasteiger partial charge is 0.460 e. The average molecular weight is 417 g/mol. The molecule has 0 atom stereocenters. The summed E-state index contributed by atoms with van der Waals surface area (Å²) in [5.41, 5.74) is 1.95. The van der Waals surface area contributed by atoms with E-state index in [2.05, 4.69) is 10.2 Å². The number of hydrogen-bond acceptors (Lipinski definition) is 4. The van der Waals surface area contributed by atoms with Crippen molar-refractivity contribution in [2.24, 2.45) is 0 Å². The number of fused-ring (bicyclic) bond motifs is 1. The maximum atomic E-state index is 14.2. The summed E-state index contributed by atoms with van der Waals surface area (Å²) in [6.45, 7) is 6.67. The van der Waals surface area contributed by atoms with E-state index in [0.29, 0.717) is 34.7 Å². The molecule has 0 bridgehead atoms. The van der Waals surface area contributed by atoms with Gasteiger partial charge >= 0.3 is 0 Å². The second-order valence-corrected chi connectivity index (χ2v) is 7.52. The van der Waals surface area contributed by atoms with Crippen LogP contribution in [0.4, 0.5) is 8.78 Å². The monoisotopic (exact) mass is 417 g/mol. The van der Waals surface area contributed by atoms with E-state index in [1.807, 2.05) is 13.0 Å². The maximum absolute atomic E-state index is 14.2. The molecule has 6 nitrogen and oxygen atoms in total. The van der Waals surface area contributed by atoms with Crippen molar-refractivity contribution >= 4 is 17.0 Å². The number of carbonyl (C=O) groups is 1. The summed E-state index contributed by atoms with van der Waals surface area (Å²) in [4.78, 5) is 15.1. The maximum Gasteiger partial charge on any atom is 0.268 e. The minimum absolute atomic E-state index is 0.102. The highest BCUT2D eigenvalue weighted by atomic mass is 19.1. The molecule has 8 heteroatoms. The van der Waals surface area contributed by atoms with Crippen molar-refractivity contribution in [1.29, 1.82) is 0 Å². The minimum atomic E-state index is -0.645. The van der Waals surface area contributed by atoms with Crippen LogP contribution < -0.4 is 5.32 Å². The smallest absolute Gasteiger partial charge is 0.268 e. The number of aromatic nitrogens is 1. The zero-order valence-electron chi connectivity index (χ0n) is 16.9. The molecule has 0 radical (unpaired) electrons. The quantitative estimate of drug-likeness (QED) is 0.599. The van der Waals surface area contributed by atoms with E-state index in [0.717, 1.165) is 45.3 Å². The van der Waals surface area contributed by atoms with Gasteiger partial charge in [0, 0.05) is 43.4 Å². The van der Waals surface area contributed by atoms with Crippen molar-refractivity contribution < 1.29 is 22.7 Å². The molecule has 0 aliphatic carbocycles. The zero-order chi connectivity index (χ0) is 21.1. The van der Waals surface area contributed by atoms with Gasteiger partial charge in [0.05, 0.1) is 25.3 Å². The molecule has 1 amide bonds. The Morgan fingerprint density at radius 3 is 2.73 bits per heavy atom. The van der Waals surface area contributed by atoms with E-state index >= 15 is 0 Å². The van der Waals surface area contributed by atoms with Crippen LogP contribution in [0.15, 0.2) is 34.7 Å². The van der Waals surface area contributed by atoms with E-state index < -0.39 is 11.6 Å². The van der Waals surface area contributed by atoms with Crippen LogP contribution in [0.2, 0.25) is 0 Å². The molecule has 4 rings (SSSR count). The van der Waals surface area contributed by atoms with E-state index in [1.54, 1.807) is 10.6 Å². The number of carbonyl (C=O) groups excluding carboxylic acids is 1. The second-order valence-electron chi connectivity index (χ2n) is 7.52. The number of rotatable bonds is 7. The third-order valence-electron chi connectivity index (χ3n) is 5.33. The standard InChI is InChI=1S/C22H25F2N3O3/c1-15-11-19-21(30-15)13-20(27(19)14-16-3-4-17(23)12-18(16)24)22(28)25-5-2-6-26-7-9-29-10-8-26/h3-4,11-13H,2,5-10,14H2,1H3,(H,25,28). The van der Waals surface area contributed by atoms with Crippen molar-refractivity contribution in [2.45, 2.75) is 19.9 Å². The second kappa shape index (κ2) is 8.97. The first-order valence-electron chi connectivity index (χ1n) is 10.1. The lowest BCUT2D eigenvalue weighted by Gasteiger charge is -2.26. The summed E-state index contributed by atoms with van der Waals surface area (Å²) < 4.78 is 40.2. The molecular weight excluding hydrogens is 392 g/mol. The summed E-state index contributed by atoms with van der Waals surface area (Å²) in [6, 6.07) is 6.94. The molecule has 3 heterocycles. The highest BCUT2D eigenvalue weighted by molar-refractivity contribution is 5.97. The van der Waals surface area contributed by atoms with Crippen LogP contribution in [0.25, 0.3) is 11.1 Å². The van der Waals surface area contributed by atoms with Crippen LogP contribution >= 0.6 is 0 Å². The molecule has 30 heavy (non-hydrogen) atoms. The third kappa shape index (κ3) is 4.55. The van der Waals surface area contributed by atoms with Crippen LogP contribution in [0.5, 0.6) is 0 Å². The van der Waals surface area contributed by atoms with Gasteiger partial charge < -0.3 is 19.0 Å². The van der Waals surface area contributed by atoms with Gasteiger partial charge in [-0.3, -0.25) is 9.69 Å². The Morgan fingerprint density at radius 1 is 1.17 bits per heavy atom. The molecule has 1 aliphatic heterocycles. The number of benzene rings is 1. The highest BCUT2D eigenvalue weighted by Crippen LogP contribution is 2.25. The molecule has 1 aromatic carbocycles. The molecule has 1 aliphatic rings. The fourth-order valence-electron chi connectivity index (χ4n) is 3.76. The number of furan rings is 1. The third-order valence-corrected chi connectivity index (χ3v) is 5.33. The number of nitrogens with one attached hydrogen (secondary N) is 1. The molecule has 1 N–H and O–H groups in total. The number of halogens is 2. The van der Waals surface area contributed by atoms with Crippen LogP contribution in [0.3, 0.4) is 0 Å². The van der Waals surface area contributed by atoms with Crippen molar-refractivity contribution in [2.75, 3.05) is 39.4 Å². The average Bonchev–Trinajstić information content (AvgIpc) is 3.25. The van der Waals surface area contributed by atoms with Crippen molar-refractivity contribution in [3.8, 4) is 0 Å². The Labute approximate surface area is 173 Å². The molecule has 1 saturated heterocycles. The van der Waals surface area contributed by atoms with Crippen LogP contribution in [0, 0.1) is 18.6 Å². The SMILES string of the molecule is Cc1cc2c(cc(C(=O)NCCCN3CCOCC3)n2Cc2ccc(F)cc2F)o1. The zero-order valence-corrected chi connectivity index (χ0v) is 16.9. The minimum Gasteiger partial charge on any atom is -0.460 e. The van der Waals surface area contributed by atoms with Crippen molar-refractivity contribution in [3.63, 3.8) is 0 Å². The molecule has 1 fully saturated rings. The van der Waals surface area contributed by atoms with E-state index in [-0.39, 0.29) is 12.5 Å². The van der Waals surface area contributed by atoms with Gasteiger partial charge in [-0.1, -0.05) is 6.07 Å². The summed E-state index contributed by atoms with van der Waals surface area (Å²) in [6.07, 6.45) is 0.828. The molecule has 160 valence electrons. The van der Waals surface area contributed by atoms with Crippen molar-refractivity contribution in [3.05, 3.63) is 59.0 Å². The van der Waals surface area contributed by atoms with Gasteiger partial charge in [-0.15, -0.1) is 0 Å². The number of morpholine rings is 1. The number of nitrogens with zero attached hydrogens (tertiary/aromatic N) is 2. The van der Waals surface area contributed by atoms with Gasteiger partial charge in [0.25, 0.3) is 5.91 Å². The Bertz CT molecular complexity index is 1040. The normalized spacial score (nSPS) is 15.0. The molecule has 0 unspecified atom stereocenters. The molecular formula is C22H25F2N3O3. The first-order chi connectivity index (χ1) is 14.5. The fraction of sp³-hybridized carbons (Fsp3) is 0.409. The van der Waals surface area contributed by atoms with Crippen LogP contribution in [-0.2, 0) is 11.3 Å². The number of ether oxygens (including phenoxy) is 1. The molecule has 0 spiro atoms. The Hall–Kier alpha value is -2.71.